The molecule has 0 saturated carbocycles. The van der Waals surface area contributed by atoms with E-state index in [0.717, 1.165) is 16.9 Å². The maximum atomic E-state index is 6.30. The van der Waals surface area contributed by atoms with Crippen molar-refractivity contribution in [2.75, 3.05) is 20.8 Å². The molecule has 0 bridgehead atoms. The minimum Gasteiger partial charge on any atom is -0.494 e. The van der Waals surface area contributed by atoms with Crippen molar-refractivity contribution in [3.63, 3.8) is 0 Å². The lowest BCUT2D eigenvalue weighted by Gasteiger charge is -2.13. The summed E-state index contributed by atoms with van der Waals surface area (Å²) in [6, 6.07) is 11.7. The van der Waals surface area contributed by atoms with Gasteiger partial charge in [0, 0.05) is 29.7 Å². The van der Waals surface area contributed by atoms with Crippen LogP contribution in [-0.2, 0) is 13.1 Å². The molecule has 2 aromatic rings. The first kappa shape index (κ1) is 17.4. The lowest BCUT2D eigenvalue weighted by Crippen LogP contribution is -2.14. The molecule has 0 unspecified atom stereocenters. The number of rotatable bonds is 8. The van der Waals surface area contributed by atoms with Crippen LogP contribution in [0.5, 0.6) is 17.2 Å². The van der Waals surface area contributed by atoms with E-state index in [-0.39, 0.29) is 0 Å². The Balaban J connectivity index is 2.04. The second kappa shape index (κ2) is 8.65. The van der Waals surface area contributed by atoms with Crippen LogP contribution in [0.1, 0.15) is 18.1 Å². The van der Waals surface area contributed by atoms with Crippen molar-refractivity contribution in [1.29, 1.82) is 0 Å². The molecule has 0 fully saturated rings. The fourth-order valence-corrected chi connectivity index (χ4v) is 2.53. The van der Waals surface area contributed by atoms with E-state index >= 15 is 0 Å². The Morgan fingerprint density at radius 1 is 0.913 bits per heavy atom. The third kappa shape index (κ3) is 4.53. The fourth-order valence-electron chi connectivity index (χ4n) is 2.31. The SMILES string of the molecule is CCOc1ccccc1CNCc1cc(OC)c(OC)cc1Cl. The lowest BCUT2D eigenvalue weighted by molar-refractivity contribution is 0.335. The van der Waals surface area contributed by atoms with Gasteiger partial charge in [0.15, 0.2) is 11.5 Å². The van der Waals surface area contributed by atoms with E-state index in [0.29, 0.717) is 36.2 Å². The Kier molecular flexibility index (Phi) is 6.56. The monoisotopic (exact) mass is 335 g/mol. The smallest absolute Gasteiger partial charge is 0.162 e. The van der Waals surface area contributed by atoms with Crippen LogP contribution in [-0.4, -0.2) is 20.8 Å². The van der Waals surface area contributed by atoms with E-state index in [4.69, 9.17) is 25.8 Å². The summed E-state index contributed by atoms with van der Waals surface area (Å²) < 4.78 is 16.2. The summed E-state index contributed by atoms with van der Waals surface area (Å²) in [5.41, 5.74) is 2.07. The molecular formula is C18H22ClNO3. The third-order valence-electron chi connectivity index (χ3n) is 3.46. The highest BCUT2D eigenvalue weighted by Gasteiger charge is 2.10. The Morgan fingerprint density at radius 2 is 1.57 bits per heavy atom. The number of para-hydroxylation sites is 1. The predicted octanol–water partition coefficient (Wildman–Crippen LogP) is 4.05. The zero-order valence-electron chi connectivity index (χ0n) is 13.7. The van der Waals surface area contributed by atoms with Crippen LogP contribution in [0.25, 0.3) is 0 Å². The van der Waals surface area contributed by atoms with Gasteiger partial charge in [-0.1, -0.05) is 29.8 Å². The van der Waals surface area contributed by atoms with Gasteiger partial charge in [0.05, 0.1) is 20.8 Å². The number of nitrogens with one attached hydrogen (secondary N) is 1. The number of ether oxygens (including phenoxy) is 3. The van der Waals surface area contributed by atoms with Gasteiger partial charge >= 0.3 is 0 Å². The van der Waals surface area contributed by atoms with E-state index in [2.05, 4.69) is 5.32 Å². The van der Waals surface area contributed by atoms with E-state index in [1.807, 2.05) is 37.3 Å². The highest BCUT2D eigenvalue weighted by molar-refractivity contribution is 6.31. The molecule has 0 spiro atoms. The van der Waals surface area contributed by atoms with Crippen molar-refractivity contribution in [3.05, 3.63) is 52.5 Å². The molecule has 4 nitrogen and oxygen atoms in total. The molecule has 23 heavy (non-hydrogen) atoms. The molecule has 0 aromatic heterocycles. The predicted molar refractivity (Wildman–Crippen MR) is 92.7 cm³/mol. The zero-order valence-corrected chi connectivity index (χ0v) is 14.4. The molecule has 2 aromatic carbocycles. The fraction of sp³-hybridized carbons (Fsp3) is 0.333. The van der Waals surface area contributed by atoms with Crippen LogP contribution in [0.2, 0.25) is 5.02 Å². The molecule has 1 N–H and O–H groups in total. The molecule has 0 aliphatic carbocycles. The minimum absolute atomic E-state index is 0.625. The summed E-state index contributed by atoms with van der Waals surface area (Å²) in [7, 11) is 3.21. The zero-order chi connectivity index (χ0) is 16.7. The molecule has 0 amide bonds. The van der Waals surface area contributed by atoms with Gasteiger partial charge in [-0.2, -0.15) is 0 Å². The van der Waals surface area contributed by atoms with Crippen molar-refractivity contribution in [2.45, 2.75) is 20.0 Å². The number of halogens is 1. The number of hydrogen-bond donors (Lipinski definition) is 1. The van der Waals surface area contributed by atoms with E-state index < -0.39 is 0 Å². The van der Waals surface area contributed by atoms with Crippen LogP contribution in [0, 0.1) is 0 Å². The molecule has 0 aliphatic heterocycles. The summed E-state index contributed by atoms with van der Waals surface area (Å²) in [6.45, 7) is 3.95. The quantitative estimate of drug-likeness (QED) is 0.790. The summed E-state index contributed by atoms with van der Waals surface area (Å²) in [4.78, 5) is 0. The molecule has 0 atom stereocenters. The summed E-state index contributed by atoms with van der Waals surface area (Å²) in [5.74, 6) is 2.20. The molecule has 5 heteroatoms. The van der Waals surface area contributed by atoms with E-state index in [1.54, 1.807) is 20.3 Å². The van der Waals surface area contributed by atoms with Crippen molar-refractivity contribution >= 4 is 11.6 Å². The van der Waals surface area contributed by atoms with Gasteiger partial charge in [-0.15, -0.1) is 0 Å². The van der Waals surface area contributed by atoms with Gasteiger partial charge in [0.2, 0.25) is 0 Å². The first-order valence-electron chi connectivity index (χ1n) is 7.51. The van der Waals surface area contributed by atoms with Gasteiger partial charge in [-0.25, -0.2) is 0 Å². The maximum absolute atomic E-state index is 6.30. The summed E-state index contributed by atoms with van der Waals surface area (Å²) in [5, 5.41) is 4.03. The van der Waals surface area contributed by atoms with Crippen molar-refractivity contribution in [2.24, 2.45) is 0 Å². The largest absolute Gasteiger partial charge is 0.494 e. The average molecular weight is 336 g/mol. The topological polar surface area (TPSA) is 39.7 Å². The third-order valence-corrected chi connectivity index (χ3v) is 3.81. The molecule has 0 radical (unpaired) electrons. The first-order valence-corrected chi connectivity index (χ1v) is 7.89. The van der Waals surface area contributed by atoms with Crippen LogP contribution in [0.3, 0.4) is 0 Å². The Morgan fingerprint density at radius 3 is 2.26 bits per heavy atom. The molecule has 0 aliphatic rings. The Labute approximate surface area is 142 Å². The van der Waals surface area contributed by atoms with Crippen molar-refractivity contribution in [1.82, 2.24) is 5.32 Å². The summed E-state index contributed by atoms with van der Waals surface area (Å²) >= 11 is 6.30. The van der Waals surface area contributed by atoms with E-state index in [1.165, 1.54) is 0 Å². The van der Waals surface area contributed by atoms with Gasteiger partial charge in [0.1, 0.15) is 5.75 Å². The summed E-state index contributed by atoms with van der Waals surface area (Å²) in [6.07, 6.45) is 0. The van der Waals surface area contributed by atoms with Crippen molar-refractivity contribution in [3.8, 4) is 17.2 Å². The normalized spacial score (nSPS) is 10.4. The molecule has 124 valence electrons. The number of hydrogen-bond acceptors (Lipinski definition) is 4. The average Bonchev–Trinajstić information content (AvgIpc) is 2.57. The van der Waals surface area contributed by atoms with Crippen LogP contribution < -0.4 is 19.5 Å². The number of benzene rings is 2. The van der Waals surface area contributed by atoms with Crippen LogP contribution in [0.4, 0.5) is 0 Å². The lowest BCUT2D eigenvalue weighted by atomic mass is 10.1. The first-order chi connectivity index (χ1) is 11.2. The van der Waals surface area contributed by atoms with Gasteiger partial charge in [-0.05, 0) is 24.6 Å². The van der Waals surface area contributed by atoms with Crippen LogP contribution in [0.15, 0.2) is 36.4 Å². The standard InChI is InChI=1S/C18H22ClNO3/c1-4-23-16-8-6-5-7-13(16)11-20-12-14-9-17(21-2)18(22-3)10-15(14)19/h5-10,20H,4,11-12H2,1-3H3. The highest BCUT2D eigenvalue weighted by atomic mass is 35.5. The maximum Gasteiger partial charge on any atom is 0.162 e. The molecule has 0 saturated heterocycles. The molecule has 2 rings (SSSR count). The second-order valence-electron chi connectivity index (χ2n) is 4.94. The number of methoxy groups -OCH3 is 2. The Bertz CT molecular complexity index is 646. The van der Waals surface area contributed by atoms with Gasteiger partial charge in [-0.3, -0.25) is 0 Å². The van der Waals surface area contributed by atoms with Crippen molar-refractivity contribution < 1.29 is 14.2 Å². The van der Waals surface area contributed by atoms with E-state index in [9.17, 15) is 0 Å². The highest BCUT2D eigenvalue weighted by Crippen LogP contribution is 2.33. The van der Waals surface area contributed by atoms with Gasteiger partial charge in [0.25, 0.3) is 0 Å². The molecule has 0 heterocycles. The second-order valence-corrected chi connectivity index (χ2v) is 5.35. The van der Waals surface area contributed by atoms with Gasteiger partial charge < -0.3 is 19.5 Å². The molecular weight excluding hydrogens is 314 g/mol. The Hall–Kier alpha value is -1.91. The minimum atomic E-state index is 0.625. The van der Waals surface area contributed by atoms with Crippen LogP contribution >= 0.6 is 11.6 Å².